The van der Waals surface area contributed by atoms with Crippen LogP contribution in [-0.2, 0) is 0 Å². The maximum absolute atomic E-state index is 11.7. The summed E-state index contributed by atoms with van der Waals surface area (Å²) in [6.45, 7) is 0. The molecular formula is C14H12N4O4. The average molecular weight is 300 g/mol. The van der Waals surface area contributed by atoms with Crippen molar-refractivity contribution in [1.82, 2.24) is 0 Å². The summed E-state index contributed by atoms with van der Waals surface area (Å²) in [6.07, 6.45) is 0. The molecule has 0 atom stereocenters. The van der Waals surface area contributed by atoms with Crippen molar-refractivity contribution in [3.8, 4) is 0 Å². The van der Waals surface area contributed by atoms with E-state index in [1.807, 2.05) is 0 Å². The van der Waals surface area contributed by atoms with Crippen LogP contribution in [-0.4, -0.2) is 23.6 Å². The number of fused-ring (bicyclic) bond motifs is 1. The number of amides is 4. The molecule has 8 N–H and O–H groups in total. The van der Waals surface area contributed by atoms with Crippen LogP contribution in [0, 0.1) is 0 Å². The standard InChI is InChI=1S/C14H12N4O4/c15-11(19)5-3-8-6(9(4-5)13(17)21)1-2-7(12(16)20)10(8)14(18)22/h1-4H,(H2,15,19)(H2,16,20)(H2,17,21)(H2,18,22). The molecule has 2 aromatic rings. The van der Waals surface area contributed by atoms with Gasteiger partial charge in [-0.05, 0) is 29.0 Å². The molecule has 2 rings (SSSR count). The third-order valence-corrected chi connectivity index (χ3v) is 3.20. The molecule has 0 aliphatic heterocycles. The van der Waals surface area contributed by atoms with E-state index in [0.717, 1.165) is 0 Å². The van der Waals surface area contributed by atoms with Crippen LogP contribution < -0.4 is 22.9 Å². The molecule has 0 fully saturated rings. The lowest BCUT2D eigenvalue weighted by Crippen LogP contribution is -2.22. The summed E-state index contributed by atoms with van der Waals surface area (Å²) in [6, 6.07) is 5.13. The van der Waals surface area contributed by atoms with Crippen molar-refractivity contribution in [1.29, 1.82) is 0 Å². The number of carbonyl (C=O) groups excluding carboxylic acids is 4. The van der Waals surface area contributed by atoms with E-state index < -0.39 is 23.6 Å². The first kappa shape index (κ1) is 15.0. The minimum absolute atomic E-state index is 0.0233. The van der Waals surface area contributed by atoms with Gasteiger partial charge in [0.25, 0.3) is 0 Å². The fourth-order valence-corrected chi connectivity index (χ4v) is 2.25. The zero-order chi connectivity index (χ0) is 16.6. The van der Waals surface area contributed by atoms with Gasteiger partial charge in [0, 0.05) is 11.1 Å². The topological polar surface area (TPSA) is 172 Å². The summed E-state index contributed by atoms with van der Waals surface area (Å²) in [4.78, 5) is 46.1. The van der Waals surface area contributed by atoms with Crippen LogP contribution >= 0.6 is 0 Å². The Kier molecular flexibility index (Phi) is 3.52. The van der Waals surface area contributed by atoms with E-state index in [1.165, 1.54) is 24.3 Å². The van der Waals surface area contributed by atoms with Crippen molar-refractivity contribution in [2.75, 3.05) is 0 Å². The number of primary amides is 4. The SMILES string of the molecule is NC(=O)c1cc(C(N)=O)c2ccc(C(N)=O)c(C(N)=O)c2c1. The molecule has 0 bridgehead atoms. The highest BCUT2D eigenvalue weighted by Gasteiger charge is 2.20. The smallest absolute Gasteiger partial charge is 0.250 e. The Balaban J connectivity index is 3.05. The molecule has 0 aromatic heterocycles. The molecule has 0 heterocycles. The van der Waals surface area contributed by atoms with E-state index in [1.54, 1.807) is 0 Å². The van der Waals surface area contributed by atoms with E-state index >= 15 is 0 Å². The number of hydrogen-bond donors (Lipinski definition) is 4. The summed E-state index contributed by atoms with van der Waals surface area (Å²) in [5.41, 5.74) is 20.6. The molecule has 0 radical (unpaired) electrons. The maximum atomic E-state index is 11.7. The molecule has 2 aromatic carbocycles. The van der Waals surface area contributed by atoms with Crippen LogP contribution in [0.15, 0.2) is 24.3 Å². The molecular weight excluding hydrogens is 288 g/mol. The third kappa shape index (κ3) is 2.33. The van der Waals surface area contributed by atoms with Gasteiger partial charge >= 0.3 is 0 Å². The van der Waals surface area contributed by atoms with Crippen molar-refractivity contribution < 1.29 is 19.2 Å². The fourth-order valence-electron chi connectivity index (χ4n) is 2.25. The second-order valence-electron chi connectivity index (χ2n) is 4.56. The molecule has 0 spiro atoms. The zero-order valence-corrected chi connectivity index (χ0v) is 11.3. The molecule has 4 amide bonds. The van der Waals surface area contributed by atoms with Crippen LogP contribution in [0.25, 0.3) is 10.8 Å². The second kappa shape index (κ2) is 5.17. The Bertz CT molecular complexity index is 858. The lowest BCUT2D eigenvalue weighted by Gasteiger charge is -2.11. The Hall–Kier alpha value is -3.42. The highest BCUT2D eigenvalue weighted by molar-refractivity contribution is 6.19. The lowest BCUT2D eigenvalue weighted by atomic mass is 9.92. The third-order valence-electron chi connectivity index (χ3n) is 3.20. The van der Waals surface area contributed by atoms with Crippen molar-refractivity contribution >= 4 is 34.4 Å². The minimum Gasteiger partial charge on any atom is -0.366 e. The predicted octanol–water partition coefficient (Wildman–Crippen LogP) is -0.765. The highest BCUT2D eigenvalue weighted by Crippen LogP contribution is 2.27. The highest BCUT2D eigenvalue weighted by atomic mass is 16.2. The number of carbonyl (C=O) groups is 4. The van der Waals surface area contributed by atoms with Crippen LogP contribution in [0.3, 0.4) is 0 Å². The van der Waals surface area contributed by atoms with Gasteiger partial charge in [-0.1, -0.05) is 6.07 Å². The van der Waals surface area contributed by atoms with Crippen molar-refractivity contribution in [2.24, 2.45) is 22.9 Å². The Morgan fingerprint density at radius 2 is 1.23 bits per heavy atom. The molecule has 0 saturated heterocycles. The van der Waals surface area contributed by atoms with Gasteiger partial charge in [-0.25, -0.2) is 0 Å². The first-order valence-corrected chi connectivity index (χ1v) is 6.04. The van der Waals surface area contributed by atoms with Crippen LogP contribution in [0.4, 0.5) is 0 Å². The van der Waals surface area contributed by atoms with Gasteiger partial charge in [0.15, 0.2) is 0 Å². The Morgan fingerprint density at radius 3 is 1.68 bits per heavy atom. The molecule has 8 heteroatoms. The monoisotopic (exact) mass is 300 g/mol. The van der Waals surface area contributed by atoms with Gasteiger partial charge in [-0.2, -0.15) is 0 Å². The largest absolute Gasteiger partial charge is 0.366 e. The lowest BCUT2D eigenvalue weighted by molar-refractivity contribution is 0.0968. The molecule has 8 nitrogen and oxygen atoms in total. The number of benzene rings is 2. The van der Waals surface area contributed by atoms with E-state index in [0.29, 0.717) is 0 Å². The molecule has 112 valence electrons. The normalized spacial score (nSPS) is 10.4. The Morgan fingerprint density at radius 1 is 0.636 bits per heavy atom. The van der Waals surface area contributed by atoms with E-state index in [2.05, 4.69) is 0 Å². The molecule has 22 heavy (non-hydrogen) atoms. The first-order chi connectivity index (χ1) is 10.2. The van der Waals surface area contributed by atoms with E-state index in [4.69, 9.17) is 22.9 Å². The summed E-state index contributed by atoms with van der Waals surface area (Å²) in [5, 5.41) is 0.366. The van der Waals surface area contributed by atoms with Crippen molar-refractivity contribution in [2.45, 2.75) is 0 Å². The number of rotatable bonds is 4. The van der Waals surface area contributed by atoms with Crippen molar-refractivity contribution in [3.63, 3.8) is 0 Å². The average Bonchev–Trinajstić information content (AvgIpc) is 2.43. The van der Waals surface area contributed by atoms with Gasteiger partial charge in [0.05, 0.1) is 11.1 Å². The first-order valence-electron chi connectivity index (χ1n) is 6.04. The summed E-state index contributed by atoms with van der Waals surface area (Å²) < 4.78 is 0. The second-order valence-corrected chi connectivity index (χ2v) is 4.56. The summed E-state index contributed by atoms with van der Waals surface area (Å²) in [7, 11) is 0. The number of hydrogen-bond acceptors (Lipinski definition) is 4. The van der Waals surface area contributed by atoms with Crippen LogP contribution in [0.2, 0.25) is 0 Å². The summed E-state index contributed by atoms with van der Waals surface area (Å²) in [5.74, 6) is -3.46. The molecule has 0 aliphatic rings. The van der Waals surface area contributed by atoms with Crippen molar-refractivity contribution in [3.05, 3.63) is 46.5 Å². The summed E-state index contributed by atoms with van der Waals surface area (Å²) >= 11 is 0. The minimum atomic E-state index is -0.934. The molecule has 0 saturated carbocycles. The van der Waals surface area contributed by atoms with Gasteiger partial charge in [0.2, 0.25) is 23.6 Å². The van der Waals surface area contributed by atoms with E-state index in [9.17, 15) is 19.2 Å². The molecule has 0 aliphatic carbocycles. The van der Waals surface area contributed by atoms with Gasteiger partial charge < -0.3 is 22.9 Å². The maximum Gasteiger partial charge on any atom is 0.250 e. The number of nitrogens with two attached hydrogens (primary N) is 4. The van der Waals surface area contributed by atoms with Gasteiger partial charge in [0.1, 0.15) is 0 Å². The zero-order valence-electron chi connectivity index (χ0n) is 11.3. The van der Waals surface area contributed by atoms with Gasteiger partial charge in [-0.3, -0.25) is 19.2 Å². The fraction of sp³-hybridized carbons (Fsp3) is 0. The van der Waals surface area contributed by atoms with Crippen LogP contribution in [0.5, 0.6) is 0 Å². The predicted molar refractivity (Wildman–Crippen MR) is 78.0 cm³/mol. The molecule has 0 unspecified atom stereocenters. The van der Waals surface area contributed by atoms with Gasteiger partial charge in [-0.15, -0.1) is 0 Å². The van der Waals surface area contributed by atoms with Crippen LogP contribution in [0.1, 0.15) is 41.4 Å². The van der Waals surface area contributed by atoms with E-state index in [-0.39, 0.29) is 33.0 Å². The quantitative estimate of drug-likeness (QED) is 0.581. The Labute approximate surface area is 124 Å².